The zero-order valence-corrected chi connectivity index (χ0v) is 11.7. The van der Waals surface area contributed by atoms with Crippen LogP contribution >= 0.6 is 11.3 Å². The van der Waals surface area contributed by atoms with Crippen LogP contribution in [0.1, 0.15) is 5.56 Å². The van der Waals surface area contributed by atoms with E-state index in [1.165, 1.54) is 5.56 Å². The standard InChI is InChI=1S/C13H12N2O2S2/c14-10-1-2-11-12(7-10)17-13(15-11)19(16)6-4-9-3-5-18-8-9/h1-3,5,7-8H,4,6,14H2. The fourth-order valence-electron chi connectivity index (χ4n) is 1.75. The zero-order chi connectivity index (χ0) is 13.2. The first-order valence-corrected chi connectivity index (χ1v) is 8.04. The number of hydrogen-bond acceptors (Lipinski definition) is 5. The van der Waals surface area contributed by atoms with Gasteiger partial charge in [0.25, 0.3) is 5.22 Å². The number of rotatable bonds is 4. The molecule has 6 heteroatoms. The monoisotopic (exact) mass is 292 g/mol. The summed E-state index contributed by atoms with van der Waals surface area (Å²) in [5, 5.41) is 4.35. The van der Waals surface area contributed by atoms with Crippen molar-refractivity contribution in [3.05, 3.63) is 40.6 Å². The maximum absolute atomic E-state index is 12.1. The molecule has 98 valence electrons. The fourth-order valence-corrected chi connectivity index (χ4v) is 3.43. The number of benzene rings is 1. The minimum absolute atomic E-state index is 0.274. The van der Waals surface area contributed by atoms with Crippen molar-refractivity contribution < 1.29 is 8.63 Å². The van der Waals surface area contributed by atoms with Crippen LogP contribution in [-0.2, 0) is 17.2 Å². The summed E-state index contributed by atoms with van der Waals surface area (Å²) < 4.78 is 17.6. The molecule has 3 rings (SSSR count). The van der Waals surface area contributed by atoms with E-state index in [4.69, 9.17) is 10.2 Å². The molecule has 4 nitrogen and oxygen atoms in total. The lowest BCUT2D eigenvalue weighted by Crippen LogP contribution is -2.01. The van der Waals surface area contributed by atoms with Gasteiger partial charge < -0.3 is 10.2 Å². The van der Waals surface area contributed by atoms with Crippen molar-refractivity contribution in [1.29, 1.82) is 0 Å². The van der Waals surface area contributed by atoms with Gasteiger partial charge in [0.1, 0.15) is 16.3 Å². The van der Waals surface area contributed by atoms with Crippen molar-refractivity contribution in [2.24, 2.45) is 0 Å². The molecule has 0 saturated carbocycles. The average Bonchev–Trinajstić information content (AvgIpc) is 3.04. The van der Waals surface area contributed by atoms with Gasteiger partial charge in [0.05, 0.1) is 0 Å². The van der Waals surface area contributed by atoms with Crippen molar-refractivity contribution in [3.8, 4) is 0 Å². The third-order valence-corrected chi connectivity index (χ3v) is 4.61. The highest BCUT2D eigenvalue weighted by Crippen LogP contribution is 2.20. The molecule has 0 saturated heterocycles. The SMILES string of the molecule is Nc1ccc2nc(S(=O)CCc3ccsc3)oc2c1. The second-order valence-corrected chi connectivity index (χ2v) is 6.37. The number of aromatic nitrogens is 1. The number of fused-ring (bicyclic) bond motifs is 1. The number of anilines is 1. The molecule has 2 aromatic heterocycles. The van der Waals surface area contributed by atoms with Crippen LogP contribution in [0.2, 0.25) is 0 Å². The Labute approximate surface area is 116 Å². The van der Waals surface area contributed by atoms with Gasteiger partial charge in [-0.25, -0.2) is 9.19 Å². The van der Waals surface area contributed by atoms with Gasteiger partial charge in [-0.1, -0.05) is 0 Å². The van der Waals surface area contributed by atoms with Crippen LogP contribution in [0.4, 0.5) is 5.69 Å². The molecule has 0 radical (unpaired) electrons. The van der Waals surface area contributed by atoms with Crippen LogP contribution in [0.5, 0.6) is 0 Å². The zero-order valence-electron chi connectivity index (χ0n) is 10.0. The Balaban J connectivity index is 1.77. The summed E-state index contributed by atoms with van der Waals surface area (Å²) in [6, 6.07) is 7.26. The molecule has 1 unspecified atom stereocenters. The molecule has 3 aromatic rings. The quantitative estimate of drug-likeness (QED) is 0.751. The Hall–Kier alpha value is -1.66. The van der Waals surface area contributed by atoms with Crippen LogP contribution in [0, 0.1) is 0 Å². The van der Waals surface area contributed by atoms with Gasteiger partial charge >= 0.3 is 0 Å². The van der Waals surface area contributed by atoms with Gasteiger partial charge in [-0.2, -0.15) is 11.3 Å². The first kappa shape index (κ1) is 12.4. The number of nitrogens with two attached hydrogens (primary N) is 1. The molecule has 0 fully saturated rings. The van der Waals surface area contributed by atoms with E-state index >= 15 is 0 Å². The van der Waals surface area contributed by atoms with Gasteiger partial charge in [0.2, 0.25) is 0 Å². The largest absolute Gasteiger partial charge is 0.430 e. The average molecular weight is 292 g/mol. The fraction of sp³-hybridized carbons (Fsp3) is 0.154. The van der Waals surface area contributed by atoms with Gasteiger partial charge in [0.15, 0.2) is 5.58 Å². The first-order chi connectivity index (χ1) is 9.22. The van der Waals surface area contributed by atoms with Crippen LogP contribution in [0.3, 0.4) is 0 Å². The third-order valence-electron chi connectivity index (χ3n) is 2.74. The molecular weight excluding hydrogens is 280 g/mol. The van der Waals surface area contributed by atoms with E-state index < -0.39 is 10.8 Å². The van der Waals surface area contributed by atoms with E-state index in [1.54, 1.807) is 29.5 Å². The maximum Gasteiger partial charge on any atom is 0.287 e. The van der Waals surface area contributed by atoms with Gasteiger partial charge in [-0.15, -0.1) is 0 Å². The summed E-state index contributed by atoms with van der Waals surface area (Å²) in [5.74, 6) is 0.513. The van der Waals surface area contributed by atoms with E-state index in [-0.39, 0.29) is 5.22 Å². The third kappa shape index (κ3) is 2.69. The lowest BCUT2D eigenvalue weighted by molar-refractivity contribution is 0.478. The maximum atomic E-state index is 12.1. The van der Waals surface area contributed by atoms with E-state index in [0.29, 0.717) is 22.5 Å². The van der Waals surface area contributed by atoms with Crippen molar-refractivity contribution in [2.45, 2.75) is 11.6 Å². The van der Waals surface area contributed by atoms with E-state index in [9.17, 15) is 4.21 Å². The molecule has 0 amide bonds. The molecule has 19 heavy (non-hydrogen) atoms. The number of thiophene rings is 1. The molecule has 0 aliphatic rings. The number of nitrogens with zero attached hydrogens (tertiary/aromatic N) is 1. The Bertz CT molecular complexity index is 719. The van der Waals surface area contributed by atoms with Crippen LogP contribution in [-0.4, -0.2) is 14.9 Å². The van der Waals surface area contributed by atoms with Crippen molar-refractivity contribution in [1.82, 2.24) is 4.98 Å². The second-order valence-electron chi connectivity index (χ2n) is 4.14. The number of aryl methyl sites for hydroxylation is 1. The minimum Gasteiger partial charge on any atom is -0.430 e. The lowest BCUT2D eigenvalue weighted by atomic mass is 10.3. The molecule has 2 N–H and O–H groups in total. The molecule has 0 aliphatic heterocycles. The summed E-state index contributed by atoms with van der Waals surface area (Å²) in [5.41, 5.74) is 8.74. The Morgan fingerprint density at radius 2 is 2.26 bits per heavy atom. The summed E-state index contributed by atoms with van der Waals surface area (Å²) in [7, 11) is -1.22. The number of hydrogen-bond donors (Lipinski definition) is 1. The summed E-state index contributed by atoms with van der Waals surface area (Å²) >= 11 is 1.64. The van der Waals surface area contributed by atoms with Crippen molar-refractivity contribution >= 4 is 38.9 Å². The number of oxazole rings is 1. The Kier molecular flexibility index (Phi) is 3.35. The lowest BCUT2D eigenvalue weighted by Gasteiger charge is -1.95. The Morgan fingerprint density at radius 1 is 1.37 bits per heavy atom. The molecule has 0 spiro atoms. The van der Waals surface area contributed by atoms with Crippen LogP contribution in [0.25, 0.3) is 11.1 Å². The van der Waals surface area contributed by atoms with Gasteiger partial charge in [0, 0.05) is 17.5 Å². The Morgan fingerprint density at radius 3 is 3.05 bits per heavy atom. The highest BCUT2D eigenvalue weighted by Gasteiger charge is 2.13. The molecule has 0 aliphatic carbocycles. The van der Waals surface area contributed by atoms with E-state index in [2.05, 4.69) is 10.4 Å². The number of nitrogen functional groups attached to an aromatic ring is 1. The van der Waals surface area contributed by atoms with E-state index in [0.717, 1.165) is 6.42 Å². The van der Waals surface area contributed by atoms with Crippen LogP contribution < -0.4 is 5.73 Å². The topological polar surface area (TPSA) is 69.1 Å². The summed E-state index contributed by atoms with van der Waals surface area (Å²) in [4.78, 5) is 4.23. The molecule has 1 aromatic carbocycles. The highest BCUT2D eigenvalue weighted by molar-refractivity contribution is 7.84. The van der Waals surface area contributed by atoms with Crippen molar-refractivity contribution in [3.63, 3.8) is 0 Å². The summed E-state index contributed by atoms with van der Waals surface area (Å²) in [6.45, 7) is 0. The second kappa shape index (κ2) is 5.14. The molecule has 0 bridgehead atoms. The molecule has 1 atom stereocenters. The van der Waals surface area contributed by atoms with Crippen molar-refractivity contribution in [2.75, 3.05) is 11.5 Å². The smallest absolute Gasteiger partial charge is 0.287 e. The minimum atomic E-state index is -1.22. The normalized spacial score (nSPS) is 12.8. The predicted octanol–water partition coefficient (Wildman–Crippen LogP) is 2.82. The van der Waals surface area contributed by atoms with E-state index in [1.807, 2.05) is 11.4 Å². The summed E-state index contributed by atoms with van der Waals surface area (Å²) in [6.07, 6.45) is 0.761. The highest BCUT2D eigenvalue weighted by atomic mass is 32.2. The molecule has 2 heterocycles. The first-order valence-electron chi connectivity index (χ1n) is 5.78. The van der Waals surface area contributed by atoms with Gasteiger partial charge in [-0.3, -0.25) is 0 Å². The van der Waals surface area contributed by atoms with Gasteiger partial charge in [-0.05, 0) is 40.9 Å². The van der Waals surface area contributed by atoms with Crippen LogP contribution in [0.15, 0.2) is 44.7 Å². The predicted molar refractivity (Wildman–Crippen MR) is 77.7 cm³/mol. The molecular formula is C13H12N2O2S2.